The van der Waals surface area contributed by atoms with Crippen molar-refractivity contribution in [3.8, 4) is 5.75 Å². The summed E-state index contributed by atoms with van der Waals surface area (Å²) >= 11 is 7.54. The van der Waals surface area contributed by atoms with Gasteiger partial charge in [0.05, 0.1) is 22.2 Å². The summed E-state index contributed by atoms with van der Waals surface area (Å²) in [6.07, 6.45) is 0. The number of hydrogen-bond acceptors (Lipinski definition) is 5. The molecule has 0 saturated carbocycles. The summed E-state index contributed by atoms with van der Waals surface area (Å²) in [5.41, 5.74) is 5.38. The zero-order valence-electron chi connectivity index (χ0n) is 18.3. The van der Waals surface area contributed by atoms with E-state index in [4.69, 9.17) is 16.3 Å². The summed E-state index contributed by atoms with van der Waals surface area (Å²) in [7, 11) is 0. The molecule has 0 spiro atoms. The molecule has 1 aliphatic carbocycles. The molecule has 1 heterocycles. The van der Waals surface area contributed by atoms with Gasteiger partial charge in [-0.3, -0.25) is 4.79 Å². The Morgan fingerprint density at radius 3 is 2.43 bits per heavy atom. The Morgan fingerprint density at radius 2 is 1.60 bits per heavy atom. The van der Waals surface area contributed by atoms with Crippen molar-refractivity contribution in [1.29, 1.82) is 0 Å². The van der Waals surface area contributed by atoms with Crippen molar-refractivity contribution in [3.05, 3.63) is 130 Å². The smallest absolute Gasteiger partial charge is 0.343 e. The van der Waals surface area contributed by atoms with Gasteiger partial charge in [-0.15, -0.1) is 11.8 Å². The maximum Gasteiger partial charge on any atom is 0.343 e. The van der Waals surface area contributed by atoms with Gasteiger partial charge >= 0.3 is 5.97 Å². The fourth-order valence-corrected chi connectivity index (χ4v) is 5.82. The molecule has 0 radical (unpaired) electrons. The Hall–Kier alpha value is -3.80. The maximum absolute atomic E-state index is 13.6. The molecule has 0 bridgehead atoms. The van der Waals surface area contributed by atoms with Crippen molar-refractivity contribution in [1.82, 2.24) is 0 Å². The van der Waals surface area contributed by atoms with Gasteiger partial charge in [0.25, 0.3) is 0 Å². The summed E-state index contributed by atoms with van der Waals surface area (Å²) in [5, 5.41) is 3.79. The minimum Gasteiger partial charge on any atom is -0.423 e. The maximum atomic E-state index is 13.6. The average molecular weight is 496 g/mol. The van der Waals surface area contributed by atoms with E-state index < -0.39 is 5.97 Å². The first-order valence-corrected chi connectivity index (χ1v) is 12.3. The number of carbonyl (C=O) groups is 2. The molecule has 1 aliphatic heterocycles. The Kier molecular flexibility index (Phi) is 5.44. The first kappa shape index (κ1) is 21.7. The van der Waals surface area contributed by atoms with Gasteiger partial charge in [0.2, 0.25) is 0 Å². The van der Waals surface area contributed by atoms with E-state index in [1.807, 2.05) is 66.7 Å². The van der Waals surface area contributed by atoms with Crippen LogP contribution in [-0.4, -0.2) is 11.8 Å². The first-order valence-electron chi connectivity index (χ1n) is 11.1. The summed E-state index contributed by atoms with van der Waals surface area (Å²) in [4.78, 5) is 27.3. The number of rotatable bonds is 3. The van der Waals surface area contributed by atoms with E-state index in [9.17, 15) is 9.59 Å². The predicted molar refractivity (Wildman–Crippen MR) is 139 cm³/mol. The second kappa shape index (κ2) is 8.77. The molecule has 1 atom stereocenters. The lowest BCUT2D eigenvalue weighted by Crippen LogP contribution is -2.10. The fourth-order valence-electron chi connectivity index (χ4n) is 4.41. The van der Waals surface area contributed by atoms with E-state index in [1.54, 1.807) is 42.1 Å². The molecule has 0 fully saturated rings. The van der Waals surface area contributed by atoms with Crippen LogP contribution in [0.25, 0.3) is 5.70 Å². The number of nitrogens with one attached hydrogen (secondary N) is 1. The lowest BCUT2D eigenvalue weighted by molar-refractivity contribution is 0.0734. The second-order valence-corrected chi connectivity index (χ2v) is 9.83. The Morgan fingerprint density at radius 1 is 0.857 bits per heavy atom. The second-order valence-electron chi connectivity index (χ2n) is 8.25. The quantitative estimate of drug-likeness (QED) is 0.236. The number of thioether (sulfide) groups is 1. The van der Waals surface area contributed by atoms with E-state index >= 15 is 0 Å². The summed E-state index contributed by atoms with van der Waals surface area (Å²) < 4.78 is 5.66. The van der Waals surface area contributed by atoms with Crippen LogP contribution in [-0.2, 0) is 0 Å². The lowest BCUT2D eigenvalue weighted by atomic mass is 10.0. The molecule has 0 amide bonds. The molecule has 0 aromatic heterocycles. The third kappa shape index (κ3) is 3.93. The van der Waals surface area contributed by atoms with E-state index in [0.29, 0.717) is 27.5 Å². The van der Waals surface area contributed by atoms with Crippen molar-refractivity contribution in [2.24, 2.45) is 0 Å². The van der Waals surface area contributed by atoms with Crippen LogP contribution in [0.2, 0.25) is 5.02 Å². The number of para-hydroxylation sites is 1. The molecule has 1 N–H and O–H groups in total. The molecule has 0 saturated heterocycles. The molecule has 6 rings (SSSR count). The van der Waals surface area contributed by atoms with Crippen LogP contribution in [0.3, 0.4) is 0 Å². The number of fused-ring (bicyclic) bond motifs is 3. The van der Waals surface area contributed by atoms with E-state index in [0.717, 1.165) is 27.4 Å². The van der Waals surface area contributed by atoms with Crippen LogP contribution in [0.5, 0.6) is 5.75 Å². The number of benzene rings is 4. The van der Waals surface area contributed by atoms with Gasteiger partial charge in [0.15, 0.2) is 5.78 Å². The van der Waals surface area contributed by atoms with Gasteiger partial charge in [-0.1, -0.05) is 60.1 Å². The lowest BCUT2D eigenvalue weighted by Gasteiger charge is -2.18. The highest BCUT2D eigenvalue weighted by molar-refractivity contribution is 8.00. The van der Waals surface area contributed by atoms with Gasteiger partial charge < -0.3 is 10.1 Å². The number of esters is 1. The first-order chi connectivity index (χ1) is 17.1. The van der Waals surface area contributed by atoms with Crippen LogP contribution >= 0.6 is 23.4 Å². The minimum absolute atomic E-state index is 0.0111. The third-order valence-electron chi connectivity index (χ3n) is 6.06. The molecule has 35 heavy (non-hydrogen) atoms. The molecule has 170 valence electrons. The molecule has 4 nitrogen and oxygen atoms in total. The molecule has 4 aromatic carbocycles. The highest BCUT2D eigenvalue weighted by Crippen LogP contribution is 2.52. The number of halogens is 1. The highest BCUT2D eigenvalue weighted by atomic mass is 35.5. The number of hydrogen-bond donors (Lipinski definition) is 1. The van der Waals surface area contributed by atoms with E-state index in [1.165, 1.54) is 0 Å². The topological polar surface area (TPSA) is 55.4 Å². The SMILES string of the molecule is O=C(Oc1cccc([C@H]2Sc3ccccc3NC3=C2C(=O)c2ccccc23)c1)c1ccc(Cl)cc1. The highest BCUT2D eigenvalue weighted by Gasteiger charge is 2.38. The van der Waals surface area contributed by atoms with Crippen LogP contribution in [0.15, 0.2) is 108 Å². The number of ketones is 1. The largest absolute Gasteiger partial charge is 0.423 e. The number of carbonyl (C=O) groups excluding carboxylic acids is 2. The molecule has 2 aliphatic rings. The van der Waals surface area contributed by atoms with E-state index in [2.05, 4.69) is 5.32 Å². The predicted octanol–water partition coefficient (Wildman–Crippen LogP) is 7.43. The zero-order chi connectivity index (χ0) is 23.9. The van der Waals surface area contributed by atoms with Crippen LogP contribution < -0.4 is 10.1 Å². The normalized spacial score (nSPS) is 16.0. The monoisotopic (exact) mass is 495 g/mol. The molecule has 6 heteroatoms. The Labute approximate surface area is 211 Å². The standard InChI is InChI=1S/C29H18ClNO3S/c30-19-14-12-17(13-15-19)29(33)34-20-7-5-6-18(16-20)28-25-26(21-8-1-2-9-22(21)27(25)32)31-23-10-3-4-11-24(23)35-28/h1-16,28,31H/t28-/m1/s1. The van der Waals surface area contributed by atoms with Gasteiger partial charge in [-0.05, 0) is 54.1 Å². The molecular formula is C29H18ClNO3S. The number of Topliss-reactive ketones (excluding diaryl/α,β-unsaturated/α-hetero) is 1. The van der Waals surface area contributed by atoms with Crippen molar-refractivity contribution < 1.29 is 14.3 Å². The van der Waals surface area contributed by atoms with Gasteiger partial charge in [-0.25, -0.2) is 4.79 Å². The number of ether oxygens (including phenoxy) is 1. The Balaban J connectivity index is 1.41. The fraction of sp³-hybridized carbons (Fsp3) is 0.0345. The third-order valence-corrected chi connectivity index (χ3v) is 7.67. The van der Waals surface area contributed by atoms with Crippen LogP contribution in [0.4, 0.5) is 5.69 Å². The Bertz CT molecular complexity index is 1530. The van der Waals surface area contributed by atoms with Crippen LogP contribution in [0, 0.1) is 0 Å². The van der Waals surface area contributed by atoms with Crippen molar-refractivity contribution in [2.45, 2.75) is 10.1 Å². The van der Waals surface area contributed by atoms with E-state index in [-0.39, 0.29) is 11.0 Å². The zero-order valence-corrected chi connectivity index (χ0v) is 19.9. The van der Waals surface area contributed by atoms with Crippen molar-refractivity contribution in [2.75, 3.05) is 5.32 Å². The molecular weight excluding hydrogens is 478 g/mol. The number of anilines is 1. The summed E-state index contributed by atoms with van der Waals surface area (Å²) in [6.45, 7) is 0. The van der Waals surface area contributed by atoms with Gasteiger partial charge in [0, 0.05) is 26.6 Å². The van der Waals surface area contributed by atoms with Crippen LogP contribution in [0.1, 0.15) is 37.1 Å². The minimum atomic E-state index is -0.469. The van der Waals surface area contributed by atoms with Gasteiger partial charge in [0.1, 0.15) is 5.75 Å². The molecule has 0 unspecified atom stereocenters. The van der Waals surface area contributed by atoms with Crippen molar-refractivity contribution in [3.63, 3.8) is 0 Å². The van der Waals surface area contributed by atoms with Gasteiger partial charge in [-0.2, -0.15) is 0 Å². The molecule has 4 aromatic rings. The summed E-state index contributed by atoms with van der Waals surface area (Å²) in [6, 6.07) is 29.6. The van der Waals surface area contributed by atoms with Crippen molar-refractivity contribution >= 4 is 46.5 Å². The average Bonchev–Trinajstić information content (AvgIpc) is 3.04. The summed E-state index contributed by atoms with van der Waals surface area (Å²) in [5.74, 6) is -0.0424.